The molecule has 6 heteroatoms. The van der Waals surface area contributed by atoms with E-state index in [0.29, 0.717) is 22.2 Å². The smallest absolute Gasteiger partial charge is 0.338 e. The summed E-state index contributed by atoms with van der Waals surface area (Å²) in [5.74, 6) is -1.11. The number of benzene rings is 2. The van der Waals surface area contributed by atoms with Gasteiger partial charge in [0.25, 0.3) is 0 Å². The van der Waals surface area contributed by atoms with E-state index in [1.165, 1.54) is 0 Å². The van der Waals surface area contributed by atoms with Gasteiger partial charge in [-0.3, -0.25) is 0 Å². The maximum Gasteiger partial charge on any atom is 0.338 e. The van der Waals surface area contributed by atoms with Crippen LogP contribution in [-0.2, 0) is 7.05 Å². The van der Waals surface area contributed by atoms with E-state index in [9.17, 15) is 20.3 Å². The summed E-state index contributed by atoms with van der Waals surface area (Å²) < 4.78 is 1.61. The van der Waals surface area contributed by atoms with Gasteiger partial charge in [-0.2, -0.15) is 5.26 Å². The van der Waals surface area contributed by atoms with E-state index in [0.717, 1.165) is 11.1 Å². The molecule has 2 aromatic carbocycles. The van der Waals surface area contributed by atoms with Crippen LogP contribution in [0.1, 0.15) is 33.3 Å². The quantitative estimate of drug-likeness (QED) is 0.557. The van der Waals surface area contributed by atoms with Gasteiger partial charge < -0.3 is 14.8 Å². The lowest BCUT2D eigenvalue weighted by molar-refractivity contribution is 0.0692. The first-order valence-corrected chi connectivity index (χ1v) is 8.97. The molecule has 4 aromatic rings. The van der Waals surface area contributed by atoms with Gasteiger partial charge in [-0.25, -0.2) is 9.78 Å². The minimum Gasteiger partial charge on any atom is -0.478 e. The van der Waals surface area contributed by atoms with Crippen molar-refractivity contribution in [3.63, 3.8) is 0 Å². The van der Waals surface area contributed by atoms with Crippen molar-refractivity contribution >= 4 is 17.0 Å². The number of hydrogen-bond donors (Lipinski definition) is 2. The molecule has 29 heavy (non-hydrogen) atoms. The number of fused-ring (bicyclic) bond motifs is 1. The number of aryl methyl sites for hydroxylation is 1. The van der Waals surface area contributed by atoms with Crippen LogP contribution in [0.15, 0.2) is 66.9 Å². The van der Waals surface area contributed by atoms with Crippen LogP contribution in [-0.4, -0.2) is 25.7 Å². The molecule has 2 heterocycles. The van der Waals surface area contributed by atoms with Gasteiger partial charge in [-0.05, 0) is 34.9 Å². The number of rotatable bonds is 4. The lowest BCUT2D eigenvalue weighted by Gasteiger charge is -2.15. The number of aromatic carboxylic acids is 1. The van der Waals surface area contributed by atoms with E-state index >= 15 is 0 Å². The lowest BCUT2D eigenvalue weighted by Crippen LogP contribution is -2.11. The van der Waals surface area contributed by atoms with Crippen molar-refractivity contribution in [2.24, 2.45) is 7.05 Å². The second-order valence-electron chi connectivity index (χ2n) is 6.68. The number of carboxylic acids is 1. The number of carbonyl (C=O) groups is 1. The zero-order chi connectivity index (χ0) is 20.5. The van der Waals surface area contributed by atoms with Gasteiger partial charge in [-0.15, -0.1) is 0 Å². The molecule has 0 aliphatic carbocycles. The Morgan fingerprint density at radius 3 is 2.52 bits per heavy atom. The molecule has 1 atom stereocenters. The molecule has 0 amide bonds. The predicted octanol–water partition coefficient (Wildman–Crippen LogP) is 3.89. The van der Waals surface area contributed by atoms with E-state index in [2.05, 4.69) is 11.1 Å². The van der Waals surface area contributed by atoms with Crippen molar-refractivity contribution in [2.75, 3.05) is 0 Å². The molecular formula is C23H17N3O3. The first kappa shape index (κ1) is 18.4. The Kier molecular flexibility index (Phi) is 4.59. The van der Waals surface area contributed by atoms with Crippen molar-refractivity contribution < 1.29 is 15.0 Å². The Labute approximate surface area is 166 Å². The van der Waals surface area contributed by atoms with Gasteiger partial charge in [0.05, 0.1) is 22.9 Å². The lowest BCUT2D eigenvalue weighted by atomic mass is 9.96. The number of nitrogens with zero attached hydrogens (tertiary/aromatic N) is 3. The van der Waals surface area contributed by atoms with E-state index < -0.39 is 12.1 Å². The second kappa shape index (κ2) is 7.23. The van der Waals surface area contributed by atoms with Crippen LogP contribution in [0.3, 0.4) is 0 Å². The number of aliphatic hydroxyl groups excluding tert-OH is 1. The van der Waals surface area contributed by atoms with Crippen molar-refractivity contribution in [3.8, 4) is 17.2 Å². The fourth-order valence-corrected chi connectivity index (χ4v) is 3.66. The molecule has 0 radical (unpaired) electrons. The molecule has 4 rings (SSSR count). The van der Waals surface area contributed by atoms with E-state index in [1.54, 1.807) is 48.1 Å². The van der Waals surface area contributed by atoms with Crippen LogP contribution in [0.2, 0.25) is 0 Å². The zero-order valence-corrected chi connectivity index (χ0v) is 15.6. The molecule has 0 fully saturated rings. The molecule has 2 aromatic heterocycles. The molecule has 0 aliphatic rings. The summed E-state index contributed by atoms with van der Waals surface area (Å²) in [6, 6.07) is 19.9. The Morgan fingerprint density at radius 2 is 1.83 bits per heavy atom. The Hall–Kier alpha value is -3.95. The van der Waals surface area contributed by atoms with Gasteiger partial charge in [-0.1, -0.05) is 42.5 Å². The van der Waals surface area contributed by atoms with Crippen LogP contribution in [0, 0.1) is 11.3 Å². The van der Waals surface area contributed by atoms with E-state index in [4.69, 9.17) is 0 Å². The Bertz CT molecular complexity index is 1270. The summed E-state index contributed by atoms with van der Waals surface area (Å²) in [7, 11) is 1.69. The van der Waals surface area contributed by atoms with Crippen LogP contribution in [0.25, 0.3) is 22.2 Å². The standard InChI is InChI=1S/C23H17N3O3/c1-26-20(19(23(28)29)18-7-4-12-25-22(18)26)21(27)15-10-8-14(9-11-15)17-6-3-2-5-16(17)13-24/h2-12,21,27H,1H3,(H,28,29). The van der Waals surface area contributed by atoms with Crippen molar-refractivity contribution in [2.45, 2.75) is 6.10 Å². The minimum absolute atomic E-state index is 0.0435. The summed E-state index contributed by atoms with van der Waals surface area (Å²) in [5, 5.41) is 30.5. The number of pyridine rings is 1. The maximum absolute atomic E-state index is 11.9. The zero-order valence-electron chi connectivity index (χ0n) is 15.6. The molecule has 0 aliphatic heterocycles. The second-order valence-corrected chi connectivity index (χ2v) is 6.68. The first-order valence-electron chi connectivity index (χ1n) is 8.97. The van der Waals surface area contributed by atoms with Crippen molar-refractivity contribution in [3.05, 3.63) is 89.2 Å². The summed E-state index contributed by atoms with van der Waals surface area (Å²) >= 11 is 0. The minimum atomic E-state index is -1.14. The molecule has 142 valence electrons. The normalized spacial score (nSPS) is 11.9. The average Bonchev–Trinajstić information content (AvgIpc) is 3.06. The van der Waals surface area contributed by atoms with Gasteiger partial charge >= 0.3 is 5.97 Å². The predicted molar refractivity (Wildman–Crippen MR) is 108 cm³/mol. The maximum atomic E-state index is 11.9. The van der Waals surface area contributed by atoms with Crippen molar-refractivity contribution in [1.82, 2.24) is 9.55 Å². The summed E-state index contributed by atoms with van der Waals surface area (Å²) in [6.07, 6.45) is 0.450. The molecule has 0 saturated carbocycles. The van der Waals surface area contributed by atoms with Crippen LogP contribution in [0.5, 0.6) is 0 Å². The largest absolute Gasteiger partial charge is 0.478 e. The molecule has 6 nitrogen and oxygen atoms in total. The number of nitriles is 1. The number of carboxylic acid groups (broad SMARTS) is 1. The molecular weight excluding hydrogens is 366 g/mol. The fourth-order valence-electron chi connectivity index (χ4n) is 3.66. The Morgan fingerprint density at radius 1 is 1.10 bits per heavy atom. The first-order chi connectivity index (χ1) is 14.0. The summed E-state index contributed by atoms with van der Waals surface area (Å²) in [6.45, 7) is 0. The number of aromatic nitrogens is 2. The molecule has 0 bridgehead atoms. The average molecular weight is 383 g/mol. The van der Waals surface area contributed by atoms with Crippen LogP contribution >= 0.6 is 0 Å². The topological polar surface area (TPSA) is 99.1 Å². The van der Waals surface area contributed by atoms with Crippen LogP contribution < -0.4 is 0 Å². The SMILES string of the molecule is Cn1c(C(O)c2ccc(-c3ccccc3C#N)cc2)c(C(=O)O)c2cccnc21. The van der Waals surface area contributed by atoms with Gasteiger partial charge in [0.1, 0.15) is 11.8 Å². The molecule has 2 N–H and O–H groups in total. The third kappa shape index (κ3) is 3.04. The molecule has 1 unspecified atom stereocenters. The van der Waals surface area contributed by atoms with E-state index in [-0.39, 0.29) is 11.3 Å². The third-order valence-corrected chi connectivity index (χ3v) is 5.05. The Balaban J connectivity index is 1.79. The number of aliphatic hydroxyl groups is 1. The summed E-state index contributed by atoms with van der Waals surface area (Å²) in [5.41, 5.74) is 3.58. The molecule has 0 saturated heterocycles. The highest BCUT2D eigenvalue weighted by atomic mass is 16.4. The summed E-state index contributed by atoms with van der Waals surface area (Å²) in [4.78, 5) is 16.2. The van der Waals surface area contributed by atoms with E-state index in [1.807, 2.05) is 30.3 Å². The fraction of sp³-hybridized carbons (Fsp3) is 0.0870. The van der Waals surface area contributed by atoms with Gasteiger partial charge in [0.15, 0.2) is 0 Å². The van der Waals surface area contributed by atoms with Gasteiger partial charge in [0.2, 0.25) is 0 Å². The highest BCUT2D eigenvalue weighted by Gasteiger charge is 2.27. The third-order valence-electron chi connectivity index (χ3n) is 5.05. The van der Waals surface area contributed by atoms with Gasteiger partial charge in [0, 0.05) is 18.6 Å². The number of hydrogen-bond acceptors (Lipinski definition) is 4. The molecule has 0 spiro atoms. The van der Waals surface area contributed by atoms with Crippen molar-refractivity contribution in [1.29, 1.82) is 5.26 Å². The highest BCUT2D eigenvalue weighted by Crippen LogP contribution is 2.33. The van der Waals surface area contributed by atoms with Crippen LogP contribution in [0.4, 0.5) is 0 Å². The highest BCUT2D eigenvalue weighted by molar-refractivity contribution is 6.04. The monoisotopic (exact) mass is 383 g/mol.